The molecule has 1 aromatic rings. The fourth-order valence-corrected chi connectivity index (χ4v) is 2.85. The number of carbonyl (C=O) groups is 3. The second-order valence-corrected chi connectivity index (χ2v) is 5.40. The zero-order valence-corrected chi connectivity index (χ0v) is 13.1. The van der Waals surface area contributed by atoms with E-state index in [1.54, 1.807) is 24.3 Å². The first kappa shape index (κ1) is 17.0. The van der Waals surface area contributed by atoms with Gasteiger partial charge < -0.3 is 14.6 Å². The number of likely N-dealkylation sites (tertiary alicyclic amines) is 1. The molecule has 2 amide bonds. The summed E-state index contributed by atoms with van der Waals surface area (Å²) in [6.07, 6.45) is -0.622. The molecule has 0 radical (unpaired) electrons. The van der Waals surface area contributed by atoms with Crippen molar-refractivity contribution >= 4 is 17.8 Å². The van der Waals surface area contributed by atoms with Gasteiger partial charge in [-0.3, -0.25) is 19.3 Å². The number of ether oxygens (including phenoxy) is 2. The maximum atomic E-state index is 12.8. The summed E-state index contributed by atoms with van der Waals surface area (Å²) in [5.41, 5.74) is -0.928. The van der Waals surface area contributed by atoms with E-state index in [2.05, 4.69) is 0 Å². The number of hydrogen-bond donors (Lipinski definition) is 1. The van der Waals surface area contributed by atoms with Gasteiger partial charge in [0, 0.05) is 13.5 Å². The summed E-state index contributed by atoms with van der Waals surface area (Å²) in [5, 5.41) is 9.26. The van der Waals surface area contributed by atoms with Crippen molar-refractivity contribution in [2.45, 2.75) is 18.3 Å². The first-order valence-corrected chi connectivity index (χ1v) is 7.14. The van der Waals surface area contributed by atoms with Crippen LogP contribution in [0.25, 0.3) is 0 Å². The Morgan fingerprint density at radius 1 is 1.35 bits per heavy atom. The van der Waals surface area contributed by atoms with Crippen LogP contribution in [0.3, 0.4) is 0 Å². The molecule has 1 atom stereocenters. The highest BCUT2D eigenvalue weighted by Gasteiger charge is 2.53. The lowest BCUT2D eigenvalue weighted by Crippen LogP contribution is -2.41. The first-order chi connectivity index (χ1) is 10.9. The van der Waals surface area contributed by atoms with E-state index in [-0.39, 0.29) is 19.6 Å². The molecule has 23 heavy (non-hydrogen) atoms. The van der Waals surface area contributed by atoms with Gasteiger partial charge in [-0.25, -0.2) is 0 Å². The summed E-state index contributed by atoms with van der Waals surface area (Å²) in [6, 6.07) is 6.62. The zero-order valence-electron chi connectivity index (χ0n) is 13.1. The van der Waals surface area contributed by atoms with Gasteiger partial charge in [-0.05, 0) is 17.7 Å². The minimum absolute atomic E-state index is 0.111. The molecule has 1 aromatic carbocycles. The number of benzene rings is 1. The Bertz CT molecular complexity index is 629. The molecule has 1 saturated heterocycles. The summed E-state index contributed by atoms with van der Waals surface area (Å²) in [6.45, 7) is 0.318. The lowest BCUT2D eigenvalue weighted by atomic mass is 9.76. The van der Waals surface area contributed by atoms with Crippen molar-refractivity contribution in [3.63, 3.8) is 0 Å². The second-order valence-electron chi connectivity index (χ2n) is 5.40. The summed E-state index contributed by atoms with van der Waals surface area (Å²) in [7, 11) is 2.95. The molecule has 0 spiro atoms. The Hall–Kier alpha value is -2.41. The maximum Gasteiger partial charge on any atom is 0.304 e. The lowest BCUT2D eigenvalue weighted by Gasteiger charge is -2.26. The Morgan fingerprint density at radius 3 is 2.70 bits per heavy atom. The number of nitrogens with zero attached hydrogens (tertiary/aromatic N) is 1. The molecule has 0 aromatic heterocycles. The van der Waals surface area contributed by atoms with Crippen molar-refractivity contribution in [3.8, 4) is 5.75 Å². The number of carboxylic acid groups (broad SMARTS) is 1. The molecule has 7 nitrogen and oxygen atoms in total. The van der Waals surface area contributed by atoms with E-state index in [1.165, 1.54) is 14.2 Å². The van der Waals surface area contributed by atoms with E-state index in [0.717, 1.165) is 4.90 Å². The van der Waals surface area contributed by atoms with Crippen molar-refractivity contribution in [2.75, 3.05) is 27.4 Å². The van der Waals surface area contributed by atoms with Crippen LogP contribution in [0.4, 0.5) is 0 Å². The maximum absolute atomic E-state index is 12.8. The van der Waals surface area contributed by atoms with Crippen LogP contribution in [0.5, 0.6) is 5.75 Å². The highest BCUT2D eigenvalue weighted by Crippen LogP contribution is 2.40. The molecule has 0 saturated carbocycles. The van der Waals surface area contributed by atoms with Gasteiger partial charge >= 0.3 is 5.97 Å². The van der Waals surface area contributed by atoms with Crippen LogP contribution < -0.4 is 4.74 Å². The summed E-state index contributed by atoms with van der Waals surface area (Å²) in [4.78, 5) is 37.5. The van der Waals surface area contributed by atoms with Crippen molar-refractivity contribution in [2.24, 2.45) is 0 Å². The summed E-state index contributed by atoms with van der Waals surface area (Å²) < 4.78 is 10.1. The van der Waals surface area contributed by atoms with Crippen molar-refractivity contribution in [1.29, 1.82) is 0 Å². The molecular weight excluding hydrogens is 302 g/mol. The molecule has 0 unspecified atom stereocenters. The van der Waals surface area contributed by atoms with E-state index >= 15 is 0 Å². The molecule has 2 rings (SSSR count). The zero-order chi connectivity index (χ0) is 17.0. The van der Waals surface area contributed by atoms with Crippen molar-refractivity contribution < 1.29 is 29.0 Å². The Morgan fingerprint density at radius 2 is 2.09 bits per heavy atom. The first-order valence-electron chi connectivity index (χ1n) is 7.14. The fraction of sp³-hybridized carbons (Fsp3) is 0.438. The van der Waals surface area contributed by atoms with Gasteiger partial charge in [-0.2, -0.15) is 0 Å². The average Bonchev–Trinajstić information content (AvgIpc) is 2.76. The van der Waals surface area contributed by atoms with Crippen LogP contribution in [0.1, 0.15) is 18.4 Å². The van der Waals surface area contributed by atoms with Gasteiger partial charge in [0.25, 0.3) is 0 Å². The number of amides is 2. The van der Waals surface area contributed by atoms with Crippen LogP contribution in [0.2, 0.25) is 0 Å². The van der Waals surface area contributed by atoms with Crippen molar-refractivity contribution in [3.05, 3.63) is 29.8 Å². The molecule has 1 aliphatic heterocycles. The molecule has 1 heterocycles. The van der Waals surface area contributed by atoms with E-state index < -0.39 is 29.6 Å². The van der Waals surface area contributed by atoms with Gasteiger partial charge in [0.05, 0.1) is 32.1 Å². The number of carboxylic acids is 1. The number of imide groups is 1. The molecular formula is C16H19NO6. The van der Waals surface area contributed by atoms with Crippen LogP contribution in [0.15, 0.2) is 24.3 Å². The normalized spacial score (nSPS) is 20.9. The molecule has 1 fully saturated rings. The van der Waals surface area contributed by atoms with Crippen LogP contribution >= 0.6 is 0 Å². The number of hydrogen-bond acceptors (Lipinski definition) is 5. The quantitative estimate of drug-likeness (QED) is 0.747. The van der Waals surface area contributed by atoms with Crippen LogP contribution in [-0.2, 0) is 24.5 Å². The minimum atomic E-state index is -1.40. The Kier molecular flexibility index (Phi) is 5.00. The van der Waals surface area contributed by atoms with Gasteiger partial charge in [-0.15, -0.1) is 0 Å². The predicted molar refractivity (Wildman–Crippen MR) is 80.1 cm³/mol. The Labute approximate surface area is 133 Å². The number of carbonyl (C=O) groups excluding carboxylic acids is 2. The van der Waals surface area contributed by atoms with Crippen LogP contribution in [-0.4, -0.2) is 55.2 Å². The number of aliphatic carboxylic acids is 1. The lowest BCUT2D eigenvalue weighted by molar-refractivity contribution is -0.145. The highest BCUT2D eigenvalue weighted by atomic mass is 16.5. The van der Waals surface area contributed by atoms with E-state index in [9.17, 15) is 19.5 Å². The van der Waals surface area contributed by atoms with E-state index in [0.29, 0.717) is 11.3 Å². The third-order valence-electron chi connectivity index (χ3n) is 4.00. The monoisotopic (exact) mass is 321 g/mol. The average molecular weight is 321 g/mol. The Balaban J connectivity index is 2.46. The molecule has 1 aliphatic rings. The molecule has 0 bridgehead atoms. The van der Waals surface area contributed by atoms with Gasteiger partial charge in [-0.1, -0.05) is 12.1 Å². The minimum Gasteiger partial charge on any atom is -0.497 e. The highest BCUT2D eigenvalue weighted by molar-refractivity contribution is 6.10. The van der Waals surface area contributed by atoms with E-state index in [4.69, 9.17) is 9.47 Å². The molecule has 7 heteroatoms. The topological polar surface area (TPSA) is 93.1 Å². The standard InChI is InChI=1S/C16H19NO6/c1-22-7-6-17-13(18)9-16(15(17)21,10-14(19)20)11-4-3-5-12(8-11)23-2/h3-5,8H,6-7,9-10H2,1-2H3,(H,19,20)/t16-/m1/s1. The van der Waals surface area contributed by atoms with Crippen LogP contribution in [0, 0.1) is 0 Å². The van der Waals surface area contributed by atoms with Gasteiger partial charge in [0.15, 0.2) is 0 Å². The third kappa shape index (κ3) is 3.19. The number of rotatable bonds is 7. The van der Waals surface area contributed by atoms with Gasteiger partial charge in [0.1, 0.15) is 5.75 Å². The van der Waals surface area contributed by atoms with E-state index in [1.807, 2.05) is 0 Å². The third-order valence-corrected chi connectivity index (χ3v) is 4.00. The summed E-state index contributed by atoms with van der Waals surface area (Å²) in [5.74, 6) is -1.53. The van der Waals surface area contributed by atoms with Gasteiger partial charge in [0.2, 0.25) is 11.8 Å². The van der Waals surface area contributed by atoms with Crippen molar-refractivity contribution in [1.82, 2.24) is 4.90 Å². The predicted octanol–water partition coefficient (Wildman–Crippen LogP) is 0.813. The molecule has 124 valence electrons. The molecule has 0 aliphatic carbocycles. The fourth-order valence-electron chi connectivity index (χ4n) is 2.85. The molecule has 1 N–H and O–H groups in total. The SMILES string of the molecule is COCCN1C(=O)C[C@@](CC(=O)O)(c2cccc(OC)c2)C1=O. The number of methoxy groups -OCH3 is 2. The summed E-state index contributed by atoms with van der Waals surface area (Å²) >= 11 is 0. The second kappa shape index (κ2) is 6.78. The smallest absolute Gasteiger partial charge is 0.304 e. The largest absolute Gasteiger partial charge is 0.497 e.